The maximum atomic E-state index is 6.31. The van der Waals surface area contributed by atoms with Crippen molar-refractivity contribution in [3.05, 3.63) is 33.8 Å². The number of rotatable bonds is 3. The summed E-state index contributed by atoms with van der Waals surface area (Å²) in [6.45, 7) is 2.35. The first-order valence-electron chi connectivity index (χ1n) is 6.72. The second-order valence-electron chi connectivity index (χ2n) is 5.30. The van der Waals surface area contributed by atoms with Crippen LogP contribution >= 0.6 is 23.2 Å². The van der Waals surface area contributed by atoms with E-state index in [1.165, 1.54) is 0 Å². The highest BCUT2D eigenvalue weighted by Crippen LogP contribution is 2.36. The van der Waals surface area contributed by atoms with E-state index in [4.69, 9.17) is 33.7 Å². The molecule has 2 bridgehead atoms. The molecule has 0 aromatic heterocycles. The average Bonchev–Trinajstić information content (AvgIpc) is 2.73. The highest BCUT2D eigenvalue weighted by molar-refractivity contribution is 6.36. The third-order valence-electron chi connectivity index (χ3n) is 4.07. The molecule has 3 nitrogen and oxygen atoms in total. The van der Waals surface area contributed by atoms with Gasteiger partial charge in [-0.2, -0.15) is 0 Å². The predicted molar refractivity (Wildman–Crippen MR) is 77.7 cm³/mol. The monoisotopic (exact) mass is 300 g/mol. The Bertz CT molecular complexity index is 437. The Balaban J connectivity index is 1.88. The van der Waals surface area contributed by atoms with Gasteiger partial charge in [-0.15, -0.1) is 0 Å². The number of likely N-dealkylation sites (tertiary alicyclic amines) is 1. The van der Waals surface area contributed by atoms with E-state index in [0.29, 0.717) is 28.8 Å². The summed E-state index contributed by atoms with van der Waals surface area (Å²) in [7, 11) is 0. The minimum absolute atomic E-state index is 0.0770. The van der Waals surface area contributed by atoms with Crippen LogP contribution in [0.25, 0.3) is 0 Å². The normalized spacial score (nSPS) is 28.6. The van der Waals surface area contributed by atoms with Crippen LogP contribution in [0, 0.1) is 0 Å². The van der Waals surface area contributed by atoms with Gasteiger partial charge >= 0.3 is 0 Å². The molecular formula is C14H18Cl2N2O. The van der Waals surface area contributed by atoms with E-state index in [-0.39, 0.29) is 6.04 Å². The van der Waals surface area contributed by atoms with Gasteiger partial charge in [0.1, 0.15) is 0 Å². The number of benzene rings is 1. The largest absolute Gasteiger partial charge is 0.372 e. The lowest BCUT2D eigenvalue weighted by molar-refractivity contribution is -0.0520. The van der Waals surface area contributed by atoms with Crippen molar-refractivity contribution in [3.8, 4) is 0 Å². The molecule has 2 saturated heterocycles. The summed E-state index contributed by atoms with van der Waals surface area (Å²) in [6, 6.07) is 5.69. The standard InChI is InChI=1S/C14H18Cl2N2O/c15-11-2-1-3-12(16)14(11)13(6-17)18-7-9-4-5-10(8-18)19-9/h1-3,9-10,13H,4-8,17H2. The van der Waals surface area contributed by atoms with Crippen LogP contribution in [0.4, 0.5) is 0 Å². The number of hydrogen-bond donors (Lipinski definition) is 1. The van der Waals surface area contributed by atoms with Gasteiger partial charge in [-0.05, 0) is 25.0 Å². The minimum Gasteiger partial charge on any atom is -0.372 e. The zero-order valence-electron chi connectivity index (χ0n) is 10.7. The van der Waals surface area contributed by atoms with Crippen LogP contribution in [0.1, 0.15) is 24.4 Å². The molecule has 2 aliphatic heterocycles. The zero-order chi connectivity index (χ0) is 13.4. The molecule has 0 amide bonds. The van der Waals surface area contributed by atoms with Crippen molar-refractivity contribution in [2.24, 2.45) is 5.73 Å². The summed E-state index contributed by atoms with van der Waals surface area (Å²) in [5.41, 5.74) is 6.94. The Kier molecular flexibility index (Phi) is 4.01. The van der Waals surface area contributed by atoms with Gasteiger partial charge in [0.15, 0.2) is 0 Å². The molecule has 3 rings (SSSR count). The number of ether oxygens (including phenoxy) is 1. The van der Waals surface area contributed by atoms with Crippen LogP contribution in [0.2, 0.25) is 10.0 Å². The number of fused-ring (bicyclic) bond motifs is 2. The first-order chi connectivity index (χ1) is 9.19. The smallest absolute Gasteiger partial charge is 0.0707 e. The molecule has 1 aromatic rings. The zero-order valence-corrected chi connectivity index (χ0v) is 12.2. The summed E-state index contributed by atoms with van der Waals surface area (Å²) in [6.07, 6.45) is 2.98. The summed E-state index contributed by atoms with van der Waals surface area (Å²) in [4.78, 5) is 2.37. The number of nitrogens with two attached hydrogens (primary N) is 1. The molecule has 0 spiro atoms. The van der Waals surface area contributed by atoms with Gasteiger partial charge in [-0.3, -0.25) is 4.90 Å². The lowest BCUT2D eigenvalue weighted by Gasteiger charge is -2.38. The van der Waals surface area contributed by atoms with Crippen molar-refractivity contribution in [3.63, 3.8) is 0 Å². The second-order valence-corrected chi connectivity index (χ2v) is 6.11. The van der Waals surface area contributed by atoms with E-state index >= 15 is 0 Å². The maximum absolute atomic E-state index is 6.31. The van der Waals surface area contributed by atoms with Crippen LogP contribution in [0.3, 0.4) is 0 Å². The second kappa shape index (κ2) is 5.58. The Morgan fingerprint density at radius 2 is 1.79 bits per heavy atom. The van der Waals surface area contributed by atoms with Crippen molar-refractivity contribution in [1.82, 2.24) is 4.90 Å². The molecule has 19 heavy (non-hydrogen) atoms. The van der Waals surface area contributed by atoms with Crippen LogP contribution in [-0.4, -0.2) is 36.7 Å². The van der Waals surface area contributed by atoms with Gasteiger partial charge in [0.05, 0.1) is 18.2 Å². The Hall–Kier alpha value is -0.320. The van der Waals surface area contributed by atoms with Gasteiger partial charge in [-0.1, -0.05) is 29.3 Å². The molecular weight excluding hydrogens is 283 g/mol. The topological polar surface area (TPSA) is 38.5 Å². The summed E-state index contributed by atoms with van der Waals surface area (Å²) < 4.78 is 5.87. The first-order valence-corrected chi connectivity index (χ1v) is 7.48. The van der Waals surface area contributed by atoms with E-state index in [1.54, 1.807) is 0 Å². The van der Waals surface area contributed by atoms with Crippen molar-refractivity contribution < 1.29 is 4.74 Å². The molecule has 2 fully saturated rings. The molecule has 2 heterocycles. The van der Waals surface area contributed by atoms with Crippen LogP contribution in [-0.2, 0) is 4.74 Å². The molecule has 104 valence electrons. The SMILES string of the molecule is NCC(c1c(Cl)cccc1Cl)N1CC2CCC(C1)O2. The highest BCUT2D eigenvalue weighted by atomic mass is 35.5. The molecule has 2 N–H and O–H groups in total. The number of nitrogens with zero attached hydrogens (tertiary/aromatic N) is 1. The average molecular weight is 301 g/mol. The first kappa shape index (κ1) is 13.7. The molecule has 3 unspecified atom stereocenters. The van der Waals surface area contributed by atoms with E-state index < -0.39 is 0 Å². The number of hydrogen-bond acceptors (Lipinski definition) is 3. The number of halogens is 2. The Morgan fingerprint density at radius 3 is 2.32 bits per heavy atom. The maximum Gasteiger partial charge on any atom is 0.0707 e. The van der Waals surface area contributed by atoms with Gasteiger partial charge in [0, 0.05) is 35.2 Å². The van der Waals surface area contributed by atoms with Crippen molar-refractivity contribution in [1.29, 1.82) is 0 Å². The Labute approximate surface area is 123 Å². The quantitative estimate of drug-likeness (QED) is 0.933. The lowest BCUT2D eigenvalue weighted by atomic mass is 10.0. The van der Waals surface area contributed by atoms with E-state index in [2.05, 4.69) is 4.90 Å². The molecule has 0 saturated carbocycles. The van der Waals surface area contributed by atoms with Crippen molar-refractivity contribution >= 4 is 23.2 Å². The molecule has 0 aliphatic carbocycles. The fourth-order valence-corrected chi connectivity index (χ4v) is 3.83. The molecule has 5 heteroatoms. The Morgan fingerprint density at radius 1 is 1.21 bits per heavy atom. The van der Waals surface area contributed by atoms with Gasteiger partial charge < -0.3 is 10.5 Å². The van der Waals surface area contributed by atoms with Crippen LogP contribution in [0.5, 0.6) is 0 Å². The summed E-state index contributed by atoms with van der Waals surface area (Å²) in [5.74, 6) is 0. The van der Waals surface area contributed by atoms with Gasteiger partial charge in [0.2, 0.25) is 0 Å². The molecule has 1 aromatic carbocycles. The fourth-order valence-electron chi connectivity index (χ4n) is 3.18. The van der Waals surface area contributed by atoms with Crippen LogP contribution < -0.4 is 5.73 Å². The minimum atomic E-state index is 0.0770. The van der Waals surface area contributed by atoms with Gasteiger partial charge in [-0.25, -0.2) is 0 Å². The van der Waals surface area contributed by atoms with E-state index in [0.717, 1.165) is 31.5 Å². The summed E-state index contributed by atoms with van der Waals surface area (Å²) in [5, 5.41) is 1.39. The highest BCUT2D eigenvalue weighted by Gasteiger charge is 2.37. The predicted octanol–water partition coefficient (Wildman–Crippen LogP) is 2.86. The molecule has 3 atom stereocenters. The van der Waals surface area contributed by atoms with Crippen molar-refractivity contribution in [2.45, 2.75) is 31.1 Å². The number of morpholine rings is 1. The summed E-state index contributed by atoms with van der Waals surface area (Å²) >= 11 is 12.6. The third-order valence-corrected chi connectivity index (χ3v) is 4.73. The van der Waals surface area contributed by atoms with E-state index in [1.807, 2.05) is 18.2 Å². The molecule has 2 aliphatic rings. The molecule has 0 radical (unpaired) electrons. The fraction of sp³-hybridized carbons (Fsp3) is 0.571. The van der Waals surface area contributed by atoms with E-state index in [9.17, 15) is 0 Å². The third kappa shape index (κ3) is 2.63. The van der Waals surface area contributed by atoms with Gasteiger partial charge in [0.25, 0.3) is 0 Å². The van der Waals surface area contributed by atoms with Crippen LogP contribution in [0.15, 0.2) is 18.2 Å². The van der Waals surface area contributed by atoms with Crippen molar-refractivity contribution in [2.75, 3.05) is 19.6 Å². The lowest BCUT2D eigenvalue weighted by Crippen LogP contribution is -2.46.